The minimum Gasteiger partial charge on any atom is -0.351 e. The summed E-state index contributed by atoms with van der Waals surface area (Å²) in [6, 6.07) is 2.98. The maximum absolute atomic E-state index is 15.3. The van der Waals surface area contributed by atoms with Crippen LogP contribution in [0, 0.1) is 17.0 Å². The number of fused-ring (bicyclic) bond motifs is 3. The first-order valence-corrected chi connectivity index (χ1v) is 15.4. The molecule has 3 aliphatic heterocycles. The van der Waals surface area contributed by atoms with Crippen LogP contribution in [0.1, 0.15) is 81.0 Å². The predicted octanol–water partition coefficient (Wildman–Crippen LogP) is 4.75. The Balaban J connectivity index is 1.11. The molecule has 2 amide bonds. The van der Waals surface area contributed by atoms with Gasteiger partial charge in [-0.2, -0.15) is 4.98 Å². The van der Waals surface area contributed by atoms with E-state index in [0.29, 0.717) is 30.1 Å². The van der Waals surface area contributed by atoms with Crippen LogP contribution in [0.5, 0.6) is 0 Å². The Hall–Kier alpha value is -3.34. The molecule has 2 bridgehead atoms. The fraction of sp³-hybridized carbons (Fsp3) is 0.613. The van der Waals surface area contributed by atoms with Crippen molar-refractivity contribution in [3.63, 3.8) is 0 Å². The molecular weight excluding hydrogens is 540 g/mol. The maximum Gasteiger partial charge on any atom is 0.254 e. The highest BCUT2D eigenvalue weighted by Crippen LogP contribution is 2.52. The van der Waals surface area contributed by atoms with E-state index in [9.17, 15) is 9.59 Å². The molecule has 2 aliphatic carbocycles. The number of piperidine rings is 2. The predicted molar refractivity (Wildman–Crippen MR) is 156 cm³/mol. The molecule has 2 saturated heterocycles. The van der Waals surface area contributed by atoms with Crippen molar-refractivity contribution >= 4 is 35.0 Å². The molecular formula is C31H39F2N7O2. The van der Waals surface area contributed by atoms with Crippen molar-refractivity contribution in [1.82, 2.24) is 20.2 Å². The van der Waals surface area contributed by atoms with E-state index >= 15 is 8.78 Å². The number of aromatic nitrogens is 2. The molecule has 2 N–H and O–H groups in total. The molecule has 4 heterocycles. The van der Waals surface area contributed by atoms with Crippen LogP contribution in [0.25, 0.3) is 0 Å². The van der Waals surface area contributed by atoms with E-state index in [1.54, 1.807) is 18.1 Å². The summed E-state index contributed by atoms with van der Waals surface area (Å²) in [4.78, 5) is 41.7. The van der Waals surface area contributed by atoms with E-state index in [1.807, 2.05) is 0 Å². The molecule has 42 heavy (non-hydrogen) atoms. The van der Waals surface area contributed by atoms with Gasteiger partial charge < -0.3 is 25.3 Å². The fourth-order valence-corrected chi connectivity index (χ4v) is 7.78. The number of hydrogen-bond donors (Lipinski definition) is 2. The smallest absolute Gasteiger partial charge is 0.254 e. The van der Waals surface area contributed by atoms with Gasteiger partial charge in [0.15, 0.2) is 5.82 Å². The highest BCUT2D eigenvalue weighted by molar-refractivity contribution is 6.02. The van der Waals surface area contributed by atoms with E-state index in [2.05, 4.69) is 32.5 Å². The topological polar surface area (TPSA) is 93.7 Å². The van der Waals surface area contributed by atoms with Gasteiger partial charge in [-0.25, -0.2) is 13.8 Å². The third kappa shape index (κ3) is 4.79. The van der Waals surface area contributed by atoms with E-state index in [-0.39, 0.29) is 40.6 Å². The molecule has 4 fully saturated rings. The summed E-state index contributed by atoms with van der Waals surface area (Å²) < 4.78 is 30.6. The van der Waals surface area contributed by atoms with E-state index in [1.165, 1.54) is 6.42 Å². The average molecular weight is 580 g/mol. The number of hydrogen-bond acceptors (Lipinski definition) is 7. The number of nitrogens with one attached hydrogen (secondary N) is 2. The molecule has 11 heteroatoms. The average Bonchev–Trinajstić information content (AvgIpc) is 3.56. The van der Waals surface area contributed by atoms with Gasteiger partial charge in [0.25, 0.3) is 5.91 Å². The van der Waals surface area contributed by atoms with Gasteiger partial charge in [-0.15, -0.1) is 0 Å². The van der Waals surface area contributed by atoms with Gasteiger partial charge in [-0.05, 0) is 64.5 Å². The van der Waals surface area contributed by atoms with Crippen LogP contribution in [0.2, 0.25) is 0 Å². The molecule has 2 aromatic rings. The second-order valence-corrected chi connectivity index (χ2v) is 13.1. The second kappa shape index (κ2) is 10.4. The van der Waals surface area contributed by atoms with Crippen molar-refractivity contribution in [3.8, 4) is 0 Å². The number of anilines is 4. The van der Waals surface area contributed by atoms with Crippen molar-refractivity contribution in [1.29, 1.82) is 0 Å². The Kier molecular flexibility index (Phi) is 6.83. The van der Waals surface area contributed by atoms with Gasteiger partial charge in [0.05, 0.1) is 22.9 Å². The van der Waals surface area contributed by atoms with Crippen LogP contribution >= 0.6 is 0 Å². The van der Waals surface area contributed by atoms with Crippen LogP contribution in [-0.2, 0) is 4.79 Å². The van der Waals surface area contributed by atoms with Crippen molar-refractivity contribution in [2.75, 3.05) is 35.8 Å². The molecule has 224 valence electrons. The van der Waals surface area contributed by atoms with Crippen molar-refractivity contribution < 1.29 is 18.4 Å². The van der Waals surface area contributed by atoms with Crippen molar-refractivity contribution in [2.24, 2.45) is 5.41 Å². The lowest BCUT2D eigenvalue weighted by Crippen LogP contribution is -2.55. The van der Waals surface area contributed by atoms with Crippen molar-refractivity contribution in [3.05, 3.63) is 35.5 Å². The molecule has 2 unspecified atom stereocenters. The summed E-state index contributed by atoms with van der Waals surface area (Å²) >= 11 is 0. The molecule has 1 aromatic carbocycles. The maximum atomic E-state index is 15.3. The number of amides is 2. The third-order valence-corrected chi connectivity index (χ3v) is 10.5. The molecule has 2 saturated carbocycles. The van der Waals surface area contributed by atoms with Gasteiger partial charge in [0.1, 0.15) is 17.3 Å². The number of halogens is 2. The lowest BCUT2D eigenvalue weighted by atomic mass is 9.82. The summed E-state index contributed by atoms with van der Waals surface area (Å²) in [5.41, 5.74) is -0.226. The SMILES string of the molecule is CN1C(=O)C2(CC2)CN(C2CCCC2)c2nc(Nc3cc(F)c(C(=O)NC4CC5CCCC(C4)N5C)cc3F)ncc21. The monoisotopic (exact) mass is 579 g/mol. The molecule has 2 atom stereocenters. The summed E-state index contributed by atoms with van der Waals surface area (Å²) in [6.07, 6.45) is 12.6. The van der Waals surface area contributed by atoms with Gasteiger partial charge >= 0.3 is 0 Å². The highest BCUT2D eigenvalue weighted by atomic mass is 19.1. The fourth-order valence-electron chi connectivity index (χ4n) is 7.78. The standard InChI is InChI=1S/C31H39F2N7O2/c1-38-20-8-5-9-21(38)13-18(12-20)35-28(41)22-14-24(33)25(15-23(22)32)36-30-34-16-26-27(37-30)40(19-6-3-4-7-19)17-31(10-11-31)29(42)39(26)2/h14-16,18-21H,3-13,17H2,1-2H3,(H,35,41)(H,34,36,37). The highest BCUT2D eigenvalue weighted by Gasteiger charge is 2.55. The zero-order valence-corrected chi connectivity index (χ0v) is 24.3. The lowest BCUT2D eigenvalue weighted by Gasteiger charge is -2.47. The zero-order valence-electron chi connectivity index (χ0n) is 24.3. The van der Waals surface area contributed by atoms with Crippen LogP contribution in [0.15, 0.2) is 18.3 Å². The largest absolute Gasteiger partial charge is 0.351 e. The Morgan fingerprint density at radius 3 is 2.36 bits per heavy atom. The minimum absolute atomic E-state index is 0.0557. The quantitative estimate of drug-likeness (QED) is 0.528. The normalized spacial score (nSPS) is 27.1. The zero-order chi connectivity index (χ0) is 29.2. The van der Waals surface area contributed by atoms with Gasteiger partial charge in [0.2, 0.25) is 11.9 Å². The van der Waals surface area contributed by atoms with Crippen LogP contribution in [0.4, 0.5) is 31.9 Å². The summed E-state index contributed by atoms with van der Waals surface area (Å²) in [6.45, 7) is 0.607. The first-order valence-electron chi connectivity index (χ1n) is 15.4. The number of rotatable bonds is 5. The number of nitrogens with zero attached hydrogens (tertiary/aromatic N) is 5. The summed E-state index contributed by atoms with van der Waals surface area (Å²) in [7, 11) is 3.89. The Labute approximate surface area is 245 Å². The molecule has 7 rings (SSSR count). The minimum atomic E-state index is -0.812. The Morgan fingerprint density at radius 1 is 0.976 bits per heavy atom. The van der Waals surface area contributed by atoms with Crippen LogP contribution < -0.4 is 20.4 Å². The number of benzene rings is 1. The second-order valence-electron chi connectivity index (χ2n) is 13.1. The third-order valence-electron chi connectivity index (χ3n) is 10.5. The van der Waals surface area contributed by atoms with Crippen LogP contribution in [-0.4, -0.2) is 71.5 Å². The van der Waals surface area contributed by atoms with E-state index < -0.39 is 17.5 Å². The summed E-state index contributed by atoms with van der Waals surface area (Å²) in [5, 5.41) is 5.79. The summed E-state index contributed by atoms with van der Waals surface area (Å²) in [5.74, 6) is -1.35. The first-order chi connectivity index (χ1) is 20.2. The lowest BCUT2D eigenvalue weighted by molar-refractivity contribution is -0.122. The molecule has 1 spiro atoms. The molecule has 5 aliphatic rings. The van der Waals surface area contributed by atoms with Gasteiger partial charge in [-0.3, -0.25) is 9.59 Å². The Bertz CT molecular complexity index is 1400. The van der Waals surface area contributed by atoms with E-state index in [0.717, 1.165) is 76.3 Å². The van der Waals surface area contributed by atoms with Gasteiger partial charge in [0, 0.05) is 43.8 Å². The van der Waals surface area contributed by atoms with Crippen molar-refractivity contribution in [2.45, 2.75) is 94.8 Å². The van der Waals surface area contributed by atoms with Crippen LogP contribution in [0.3, 0.4) is 0 Å². The molecule has 0 radical (unpaired) electrons. The molecule has 1 aromatic heterocycles. The van der Waals surface area contributed by atoms with E-state index in [4.69, 9.17) is 4.98 Å². The molecule has 9 nitrogen and oxygen atoms in total. The number of carbonyl (C=O) groups excluding carboxylic acids is 2. The Morgan fingerprint density at radius 2 is 1.67 bits per heavy atom. The van der Waals surface area contributed by atoms with Gasteiger partial charge in [-0.1, -0.05) is 19.3 Å². The number of carbonyl (C=O) groups is 2. The first kappa shape index (κ1) is 27.5.